The molecule has 28 heavy (non-hydrogen) atoms. The topological polar surface area (TPSA) is 57.7 Å². The molecule has 0 unspecified atom stereocenters. The number of aryl methyl sites for hydroxylation is 2. The molecular formula is C20H22Cl2N2O3S. The molecule has 1 fully saturated rings. The third-order valence-corrected chi connectivity index (χ3v) is 7.71. The predicted molar refractivity (Wildman–Crippen MR) is 111 cm³/mol. The van der Waals surface area contributed by atoms with Crippen LogP contribution in [-0.2, 0) is 21.2 Å². The summed E-state index contributed by atoms with van der Waals surface area (Å²) in [4.78, 5) is 14.2. The number of nitrogens with zero attached hydrogens (tertiary/aromatic N) is 2. The molecule has 0 atom stereocenters. The fraction of sp³-hybridized carbons (Fsp3) is 0.350. The number of piperazine rings is 1. The summed E-state index contributed by atoms with van der Waals surface area (Å²) >= 11 is 12.0. The maximum absolute atomic E-state index is 12.9. The third-order valence-electron chi connectivity index (χ3n) is 4.84. The van der Waals surface area contributed by atoms with Crippen molar-refractivity contribution in [3.63, 3.8) is 0 Å². The van der Waals surface area contributed by atoms with Crippen molar-refractivity contribution in [3.05, 3.63) is 63.6 Å². The summed E-state index contributed by atoms with van der Waals surface area (Å²) in [6.45, 7) is 3.23. The first-order valence-electron chi connectivity index (χ1n) is 9.06. The van der Waals surface area contributed by atoms with Gasteiger partial charge >= 0.3 is 0 Å². The van der Waals surface area contributed by atoms with E-state index in [-0.39, 0.29) is 33.9 Å². The summed E-state index contributed by atoms with van der Waals surface area (Å²) in [5.41, 5.74) is 2.30. The quantitative estimate of drug-likeness (QED) is 0.710. The van der Waals surface area contributed by atoms with Gasteiger partial charge in [-0.15, -0.1) is 0 Å². The van der Waals surface area contributed by atoms with E-state index in [0.717, 1.165) is 5.56 Å². The first kappa shape index (κ1) is 21.1. The number of hydrogen-bond donors (Lipinski definition) is 0. The summed E-state index contributed by atoms with van der Waals surface area (Å²) in [7, 11) is -3.75. The molecule has 1 amide bonds. The van der Waals surface area contributed by atoms with E-state index < -0.39 is 10.0 Å². The minimum Gasteiger partial charge on any atom is -0.340 e. The smallest absolute Gasteiger partial charge is 0.244 e. The van der Waals surface area contributed by atoms with Crippen molar-refractivity contribution in [1.29, 1.82) is 0 Å². The molecule has 5 nitrogen and oxygen atoms in total. The molecule has 0 N–H and O–H groups in total. The largest absolute Gasteiger partial charge is 0.340 e. The van der Waals surface area contributed by atoms with E-state index in [1.807, 2.05) is 25.1 Å². The Morgan fingerprint density at radius 3 is 2.39 bits per heavy atom. The van der Waals surface area contributed by atoms with Gasteiger partial charge in [0.05, 0.1) is 10.0 Å². The number of amides is 1. The minimum absolute atomic E-state index is 0.000825. The summed E-state index contributed by atoms with van der Waals surface area (Å²) in [6.07, 6.45) is 1.09. The van der Waals surface area contributed by atoms with Gasteiger partial charge in [0.2, 0.25) is 15.9 Å². The standard InChI is InChI=1S/C20H22Cl2N2O3S/c1-15-4-2-5-16(14-15)8-9-19(25)23-10-12-24(13-11-23)28(26,27)18-7-3-6-17(21)20(18)22/h2-7,14H,8-13H2,1H3. The Kier molecular flexibility index (Phi) is 6.65. The first-order chi connectivity index (χ1) is 13.3. The molecule has 2 aromatic carbocycles. The molecule has 0 bridgehead atoms. The lowest BCUT2D eigenvalue weighted by Crippen LogP contribution is -2.50. The first-order valence-corrected chi connectivity index (χ1v) is 11.3. The zero-order valence-electron chi connectivity index (χ0n) is 15.6. The Morgan fingerprint density at radius 2 is 1.71 bits per heavy atom. The van der Waals surface area contributed by atoms with Gasteiger partial charge in [-0.2, -0.15) is 4.31 Å². The lowest BCUT2D eigenvalue weighted by Gasteiger charge is -2.34. The Hall–Kier alpha value is -1.60. The molecule has 0 aliphatic carbocycles. The molecule has 1 heterocycles. The van der Waals surface area contributed by atoms with E-state index in [9.17, 15) is 13.2 Å². The molecule has 1 saturated heterocycles. The monoisotopic (exact) mass is 440 g/mol. The van der Waals surface area contributed by atoms with Crippen molar-refractivity contribution >= 4 is 39.1 Å². The fourth-order valence-corrected chi connectivity index (χ4v) is 5.44. The summed E-state index contributed by atoms with van der Waals surface area (Å²) in [6, 6.07) is 12.7. The molecule has 1 aliphatic heterocycles. The molecular weight excluding hydrogens is 419 g/mol. The van der Waals surface area contributed by atoms with Crippen LogP contribution in [0.25, 0.3) is 0 Å². The van der Waals surface area contributed by atoms with E-state index >= 15 is 0 Å². The molecule has 1 aliphatic rings. The van der Waals surface area contributed by atoms with Crippen LogP contribution in [0, 0.1) is 6.92 Å². The highest BCUT2D eigenvalue weighted by Gasteiger charge is 2.31. The average molecular weight is 441 g/mol. The van der Waals surface area contributed by atoms with Crippen LogP contribution >= 0.6 is 23.2 Å². The van der Waals surface area contributed by atoms with Crippen LogP contribution in [0.1, 0.15) is 17.5 Å². The number of benzene rings is 2. The Bertz CT molecular complexity index is 971. The van der Waals surface area contributed by atoms with E-state index in [4.69, 9.17) is 23.2 Å². The van der Waals surface area contributed by atoms with Crippen molar-refractivity contribution in [2.75, 3.05) is 26.2 Å². The van der Waals surface area contributed by atoms with Crippen molar-refractivity contribution in [2.24, 2.45) is 0 Å². The normalized spacial score (nSPS) is 15.6. The molecule has 0 aromatic heterocycles. The number of halogens is 2. The second-order valence-electron chi connectivity index (χ2n) is 6.83. The molecule has 3 rings (SSSR count). The predicted octanol–water partition coefficient (Wildman–Crippen LogP) is 3.77. The number of carbonyl (C=O) groups is 1. The molecule has 150 valence electrons. The van der Waals surface area contributed by atoms with E-state index in [1.165, 1.54) is 15.9 Å². The van der Waals surface area contributed by atoms with Crippen LogP contribution in [-0.4, -0.2) is 49.7 Å². The van der Waals surface area contributed by atoms with Gasteiger partial charge in [0.15, 0.2) is 0 Å². The second kappa shape index (κ2) is 8.82. The molecule has 8 heteroatoms. The van der Waals surface area contributed by atoms with Crippen LogP contribution in [0.3, 0.4) is 0 Å². The van der Waals surface area contributed by atoms with Gasteiger partial charge in [-0.1, -0.05) is 59.1 Å². The second-order valence-corrected chi connectivity index (χ2v) is 9.52. The van der Waals surface area contributed by atoms with Gasteiger partial charge in [-0.3, -0.25) is 4.79 Å². The van der Waals surface area contributed by atoms with Crippen LogP contribution in [0.4, 0.5) is 0 Å². The maximum Gasteiger partial charge on any atom is 0.244 e. The van der Waals surface area contributed by atoms with E-state index in [1.54, 1.807) is 17.0 Å². The van der Waals surface area contributed by atoms with Crippen LogP contribution in [0.15, 0.2) is 47.4 Å². The third kappa shape index (κ3) is 4.69. The summed E-state index contributed by atoms with van der Waals surface area (Å²) in [5.74, 6) is 0.0411. The highest BCUT2D eigenvalue weighted by Crippen LogP contribution is 2.31. The van der Waals surface area contributed by atoms with Gasteiger partial charge in [0.25, 0.3) is 0 Å². The van der Waals surface area contributed by atoms with Crippen LogP contribution in [0.2, 0.25) is 10.0 Å². The number of rotatable bonds is 5. The Labute approximate surface area is 175 Å². The highest BCUT2D eigenvalue weighted by atomic mass is 35.5. The van der Waals surface area contributed by atoms with Crippen molar-refractivity contribution in [2.45, 2.75) is 24.7 Å². The summed E-state index contributed by atoms with van der Waals surface area (Å²) in [5, 5.41) is 0.230. The Balaban J connectivity index is 1.59. The minimum atomic E-state index is -3.75. The fourth-order valence-electron chi connectivity index (χ4n) is 3.28. The molecule has 0 radical (unpaired) electrons. The summed E-state index contributed by atoms with van der Waals surface area (Å²) < 4.78 is 27.1. The van der Waals surface area contributed by atoms with Crippen LogP contribution in [0.5, 0.6) is 0 Å². The highest BCUT2D eigenvalue weighted by molar-refractivity contribution is 7.89. The van der Waals surface area contributed by atoms with Crippen molar-refractivity contribution in [3.8, 4) is 0 Å². The van der Waals surface area contributed by atoms with Gasteiger partial charge in [0.1, 0.15) is 4.90 Å². The van der Waals surface area contributed by atoms with Gasteiger partial charge in [0, 0.05) is 32.6 Å². The van der Waals surface area contributed by atoms with Gasteiger partial charge in [-0.25, -0.2) is 8.42 Å². The van der Waals surface area contributed by atoms with Gasteiger partial charge < -0.3 is 4.90 Å². The lowest BCUT2D eigenvalue weighted by molar-refractivity contribution is -0.132. The number of carbonyl (C=O) groups excluding carboxylic acids is 1. The average Bonchev–Trinajstić information content (AvgIpc) is 2.68. The van der Waals surface area contributed by atoms with Crippen molar-refractivity contribution in [1.82, 2.24) is 9.21 Å². The molecule has 2 aromatic rings. The Morgan fingerprint density at radius 1 is 1.04 bits per heavy atom. The lowest BCUT2D eigenvalue weighted by atomic mass is 10.1. The number of hydrogen-bond acceptors (Lipinski definition) is 3. The molecule has 0 spiro atoms. The maximum atomic E-state index is 12.9. The van der Waals surface area contributed by atoms with E-state index in [2.05, 4.69) is 6.07 Å². The molecule has 0 saturated carbocycles. The zero-order chi connectivity index (χ0) is 20.3. The van der Waals surface area contributed by atoms with E-state index in [0.29, 0.717) is 25.9 Å². The zero-order valence-corrected chi connectivity index (χ0v) is 17.9. The number of sulfonamides is 1. The van der Waals surface area contributed by atoms with Crippen molar-refractivity contribution < 1.29 is 13.2 Å². The SMILES string of the molecule is Cc1cccc(CCC(=O)N2CCN(S(=O)(=O)c3cccc(Cl)c3Cl)CC2)c1. The van der Waals surface area contributed by atoms with Gasteiger partial charge in [-0.05, 0) is 31.0 Å². The van der Waals surface area contributed by atoms with Crippen LogP contribution < -0.4 is 0 Å².